The lowest BCUT2D eigenvalue weighted by Gasteiger charge is -2.46. The fourth-order valence-electron chi connectivity index (χ4n) is 6.59. The molecule has 0 aliphatic heterocycles. The number of amides is 4. The van der Waals surface area contributed by atoms with Gasteiger partial charge in [0.1, 0.15) is 0 Å². The highest BCUT2D eigenvalue weighted by Crippen LogP contribution is 2.45. The number of hydrogen-bond acceptors (Lipinski definition) is 6. The molecule has 0 aromatic heterocycles. The van der Waals surface area contributed by atoms with E-state index in [1.54, 1.807) is 52.0 Å². The van der Waals surface area contributed by atoms with Gasteiger partial charge in [-0.3, -0.25) is 0 Å². The predicted molar refractivity (Wildman–Crippen MR) is 182 cm³/mol. The highest BCUT2D eigenvalue weighted by atomic mass is 32.2. The monoisotopic (exact) mass is 678 g/mol. The molecule has 2 aromatic rings. The van der Waals surface area contributed by atoms with E-state index in [2.05, 4.69) is 42.0 Å². The molecule has 1 fully saturated rings. The first-order chi connectivity index (χ1) is 21.5. The molecule has 0 spiro atoms. The van der Waals surface area contributed by atoms with Gasteiger partial charge < -0.3 is 21.3 Å². The largest absolute Gasteiger partial charge is 0.337 e. The maximum absolute atomic E-state index is 13.1. The normalized spacial score (nSPS) is 19.9. The maximum Gasteiger partial charge on any atom is 0.319 e. The van der Waals surface area contributed by atoms with Gasteiger partial charge in [-0.05, 0) is 66.5 Å². The van der Waals surface area contributed by atoms with E-state index in [1.165, 1.54) is 32.9 Å². The van der Waals surface area contributed by atoms with Gasteiger partial charge in [0.15, 0.2) is 0 Å². The van der Waals surface area contributed by atoms with Crippen molar-refractivity contribution in [3.8, 4) is 0 Å². The molecule has 46 heavy (non-hydrogen) atoms. The fraction of sp³-hybridized carbons (Fsp3) is 0.562. The van der Waals surface area contributed by atoms with Crippen LogP contribution < -0.4 is 21.3 Å². The Morgan fingerprint density at radius 1 is 0.739 bits per heavy atom. The summed E-state index contributed by atoms with van der Waals surface area (Å²) in [5, 5.41) is 11.5. The summed E-state index contributed by atoms with van der Waals surface area (Å²) in [5.41, 5.74) is 0.261. The predicted octanol–water partition coefficient (Wildman–Crippen LogP) is 5.28. The molecule has 0 radical (unpaired) electrons. The minimum atomic E-state index is -3.67. The Morgan fingerprint density at radius 2 is 1.20 bits per heavy atom. The van der Waals surface area contributed by atoms with Crippen molar-refractivity contribution in [1.82, 2.24) is 19.2 Å². The molecule has 0 bridgehead atoms. The first-order valence-corrected chi connectivity index (χ1v) is 18.7. The van der Waals surface area contributed by atoms with Crippen LogP contribution in [0.15, 0.2) is 58.3 Å². The molecule has 12 nitrogen and oxygen atoms in total. The van der Waals surface area contributed by atoms with Crippen molar-refractivity contribution in [2.75, 3.05) is 43.4 Å². The van der Waals surface area contributed by atoms with Crippen LogP contribution in [-0.2, 0) is 20.0 Å². The van der Waals surface area contributed by atoms with E-state index in [4.69, 9.17) is 0 Å². The number of nitrogens with one attached hydrogen (secondary N) is 4. The van der Waals surface area contributed by atoms with Crippen LogP contribution in [-0.4, -0.2) is 76.3 Å². The lowest BCUT2D eigenvalue weighted by molar-refractivity contribution is 0.0761. The van der Waals surface area contributed by atoms with E-state index >= 15 is 0 Å². The Hall–Kier alpha value is -3.20. The van der Waals surface area contributed by atoms with E-state index < -0.39 is 32.1 Å². The molecule has 4 amide bonds. The van der Waals surface area contributed by atoms with Gasteiger partial charge in [-0.15, -0.1) is 0 Å². The number of nitrogens with zero attached hydrogens (tertiary/aromatic N) is 2. The second kappa shape index (κ2) is 15.1. The van der Waals surface area contributed by atoms with Crippen molar-refractivity contribution in [3.05, 3.63) is 48.5 Å². The second-order valence-corrected chi connectivity index (χ2v) is 16.8. The number of carbonyl (C=O) groups excluding carboxylic acids is 2. The van der Waals surface area contributed by atoms with Crippen molar-refractivity contribution >= 4 is 43.5 Å². The third-order valence-electron chi connectivity index (χ3n) is 8.32. The second-order valence-electron chi connectivity index (χ2n) is 12.9. The Morgan fingerprint density at radius 3 is 1.65 bits per heavy atom. The van der Waals surface area contributed by atoms with Gasteiger partial charge in [-0.25, -0.2) is 26.4 Å². The van der Waals surface area contributed by atoms with Gasteiger partial charge in [-0.2, -0.15) is 8.61 Å². The topological polar surface area (TPSA) is 157 Å². The SMILES string of the molecule is CCN(CC)S(=O)(=O)c1cccc(NC(=O)NC[C@]2(C)C[C@H](NC(=O)Nc3cccc(S(=O)(=O)N(CC)CC)c3)CC(C)(C)C2)c1. The lowest BCUT2D eigenvalue weighted by atomic mass is 9.62. The van der Waals surface area contributed by atoms with E-state index in [0.717, 1.165) is 12.8 Å². The zero-order chi connectivity index (χ0) is 34.3. The number of carbonyl (C=O) groups is 2. The number of sulfonamides is 2. The molecule has 3 rings (SSSR count). The maximum atomic E-state index is 13.1. The molecule has 1 aliphatic carbocycles. The van der Waals surface area contributed by atoms with E-state index in [0.29, 0.717) is 50.5 Å². The molecule has 0 unspecified atom stereocenters. The highest BCUT2D eigenvalue weighted by molar-refractivity contribution is 7.89. The van der Waals surface area contributed by atoms with Crippen molar-refractivity contribution in [2.45, 2.75) is 83.6 Å². The lowest BCUT2D eigenvalue weighted by Crippen LogP contribution is -2.51. The summed E-state index contributed by atoms with van der Waals surface area (Å²) in [4.78, 5) is 26.2. The van der Waals surface area contributed by atoms with Crippen LogP contribution in [0.1, 0.15) is 67.7 Å². The number of benzene rings is 2. The molecule has 14 heteroatoms. The van der Waals surface area contributed by atoms with Crippen LogP contribution in [0.3, 0.4) is 0 Å². The summed E-state index contributed by atoms with van der Waals surface area (Å²) in [6, 6.07) is 11.3. The number of rotatable bonds is 13. The molecule has 2 aromatic carbocycles. The van der Waals surface area contributed by atoms with Gasteiger partial charge in [-0.1, -0.05) is 60.6 Å². The summed E-state index contributed by atoms with van der Waals surface area (Å²) in [5.74, 6) is 0. The van der Waals surface area contributed by atoms with Crippen LogP contribution in [0, 0.1) is 10.8 Å². The van der Waals surface area contributed by atoms with Gasteiger partial charge in [0, 0.05) is 50.1 Å². The molecule has 1 aliphatic rings. The van der Waals surface area contributed by atoms with Crippen molar-refractivity contribution in [3.63, 3.8) is 0 Å². The Kier molecular flexibility index (Phi) is 12.3. The third kappa shape index (κ3) is 9.43. The molecule has 0 saturated heterocycles. The summed E-state index contributed by atoms with van der Waals surface area (Å²) >= 11 is 0. The van der Waals surface area contributed by atoms with E-state index in [-0.39, 0.29) is 26.7 Å². The number of hydrogen-bond donors (Lipinski definition) is 4. The first-order valence-electron chi connectivity index (χ1n) is 15.8. The summed E-state index contributed by atoms with van der Waals surface area (Å²) in [6.07, 6.45) is 2.15. The molecule has 2 atom stereocenters. The van der Waals surface area contributed by atoms with Crippen LogP contribution in [0.2, 0.25) is 0 Å². The summed E-state index contributed by atoms with van der Waals surface area (Å²) in [7, 11) is -7.34. The van der Waals surface area contributed by atoms with Crippen LogP contribution in [0.4, 0.5) is 21.0 Å². The van der Waals surface area contributed by atoms with E-state index in [9.17, 15) is 26.4 Å². The first kappa shape index (κ1) is 37.3. The third-order valence-corrected chi connectivity index (χ3v) is 12.4. The summed E-state index contributed by atoms with van der Waals surface area (Å²) in [6.45, 7) is 15.1. The van der Waals surface area contributed by atoms with Crippen molar-refractivity contribution in [2.24, 2.45) is 10.8 Å². The van der Waals surface area contributed by atoms with Gasteiger partial charge in [0.2, 0.25) is 20.0 Å². The van der Waals surface area contributed by atoms with Crippen molar-refractivity contribution < 1.29 is 26.4 Å². The Bertz CT molecular complexity index is 1590. The van der Waals surface area contributed by atoms with Gasteiger partial charge in [0.25, 0.3) is 0 Å². The minimum Gasteiger partial charge on any atom is -0.337 e. The summed E-state index contributed by atoms with van der Waals surface area (Å²) < 4.78 is 54.4. The molecule has 0 heterocycles. The number of anilines is 2. The van der Waals surface area contributed by atoms with E-state index in [1.807, 2.05) is 0 Å². The zero-order valence-corrected chi connectivity index (χ0v) is 29.6. The van der Waals surface area contributed by atoms with Crippen LogP contribution >= 0.6 is 0 Å². The smallest absolute Gasteiger partial charge is 0.319 e. The Balaban J connectivity index is 1.63. The standard InChI is InChI=1S/C32H50N6O6S2/c1-8-37(9-2)45(41,42)27-16-12-14-24(18-27)34-29(39)33-23-32(7)21-26(20-31(5,6)22-32)36-30(40)35-25-15-13-17-28(19-25)46(43,44)38(10-3)11-4/h12-19,26H,8-11,20-23H2,1-7H3,(H2,33,34,39)(H2,35,36,40)/t26-,32-/m1/s1. The average Bonchev–Trinajstić information content (AvgIpc) is 2.96. The molecular formula is C32H50N6O6S2. The average molecular weight is 679 g/mol. The molecule has 4 N–H and O–H groups in total. The van der Waals surface area contributed by atoms with Crippen LogP contribution in [0.25, 0.3) is 0 Å². The quantitative estimate of drug-likeness (QED) is 0.226. The Labute approximate surface area is 274 Å². The van der Waals surface area contributed by atoms with Gasteiger partial charge in [0.05, 0.1) is 9.79 Å². The fourth-order valence-corrected chi connectivity index (χ4v) is 9.59. The molecule has 1 saturated carbocycles. The minimum absolute atomic E-state index is 0.111. The van der Waals surface area contributed by atoms with Gasteiger partial charge >= 0.3 is 12.1 Å². The molecular weight excluding hydrogens is 629 g/mol. The zero-order valence-electron chi connectivity index (χ0n) is 28.0. The van der Waals surface area contributed by atoms with Crippen LogP contribution in [0.5, 0.6) is 0 Å². The number of urea groups is 2. The molecule has 256 valence electrons. The highest BCUT2D eigenvalue weighted by Gasteiger charge is 2.42. The van der Waals surface area contributed by atoms with Crippen molar-refractivity contribution in [1.29, 1.82) is 0 Å².